The molecule has 5 nitrogen and oxygen atoms in total. The van der Waals surface area contributed by atoms with Crippen molar-refractivity contribution in [3.05, 3.63) is 47.0 Å². The van der Waals surface area contributed by atoms with Gasteiger partial charge in [-0.05, 0) is 37.5 Å². The smallest absolute Gasteiger partial charge is 0.203 e. The standard InChI is InChI=1S/C18H23N3O2S/c1-5-7-15-9-14(10-16(22-4)17(15)23-8-6-2)11-19-21-18-20-13(3)12-24-18/h5,9-12H,1,6-8H2,2-4H3,(H,20,21). The van der Waals surface area contributed by atoms with Crippen molar-refractivity contribution < 1.29 is 9.47 Å². The van der Waals surface area contributed by atoms with Gasteiger partial charge in [0.1, 0.15) is 0 Å². The predicted octanol–water partition coefficient (Wildman–Crippen LogP) is 4.42. The quantitative estimate of drug-likeness (QED) is 0.415. The Bertz CT molecular complexity index is 710. The first-order chi connectivity index (χ1) is 11.7. The molecule has 0 aliphatic carbocycles. The van der Waals surface area contributed by atoms with E-state index in [0.29, 0.717) is 18.8 Å². The van der Waals surface area contributed by atoms with Crippen molar-refractivity contribution in [1.29, 1.82) is 0 Å². The second kappa shape index (κ2) is 9.08. The van der Waals surface area contributed by atoms with Gasteiger partial charge in [-0.25, -0.2) is 4.98 Å². The van der Waals surface area contributed by atoms with Crippen molar-refractivity contribution in [2.24, 2.45) is 5.10 Å². The Kier molecular flexibility index (Phi) is 6.81. The predicted molar refractivity (Wildman–Crippen MR) is 101 cm³/mol. The van der Waals surface area contributed by atoms with Gasteiger partial charge in [-0.3, -0.25) is 5.43 Å². The molecule has 2 rings (SSSR count). The molecule has 128 valence electrons. The lowest BCUT2D eigenvalue weighted by atomic mass is 10.1. The van der Waals surface area contributed by atoms with Crippen molar-refractivity contribution in [1.82, 2.24) is 4.98 Å². The number of aryl methyl sites for hydroxylation is 1. The van der Waals surface area contributed by atoms with E-state index in [1.807, 2.05) is 30.5 Å². The lowest BCUT2D eigenvalue weighted by molar-refractivity contribution is 0.291. The minimum Gasteiger partial charge on any atom is -0.493 e. The number of thiazole rings is 1. The monoisotopic (exact) mass is 345 g/mol. The number of nitrogens with zero attached hydrogens (tertiary/aromatic N) is 2. The van der Waals surface area contributed by atoms with Crippen LogP contribution in [0, 0.1) is 6.92 Å². The van der Waals surface area contributed by atoms with E-state index in [1.54, 1.807) is 13.3 Å². The Balaban J connectivity index is 2.22. The van der Waals surface area contributed by atoms with Crippen LogP contribution in [0.5, 0.6) is 11.5 Å². The maximum Gasteiger partial charge on any atom is 0.203 e. The molecule has 0 spiro atoms. The lowest BCUT2D eigenvalue weighted by Gasteiger charge is -2.15. The number of hydrogen-bond donors (Lipinski definition) is 1. The highest BCUT2D eigenvalue weighted by Crippen LogP contribution is 2.33. The van der Waals surface area contributed by atoms with E-state index in [1.165, 1.54) is 11.3 Å². The molecule has 1 aromatic carbocycles. The molecule has 0 saturated carbocycles. The third-order valence-corrected chi connectivity index (χ3v) is 4.05. The van der Waals surface area contributed by atoms with Gasteiger partial charge in [0.25, 0.3) is 0 Å². The Hall–Kier alpha value is -2.34. The van der Waals surface area contributed by atoms with Crippen LogP contribution in [0.25, 0.3) is 0 Å². The van der Waals surface area contributed by atoms with E-state index in [4.69, 9.17) is 9.47 Å². The molecule has 0 aliphatic heterocycles. The minimum atomic E-state index is 0.652. The number of rotatable bonds is 9. The highest BCUT2D eigenvalue weighted by atomic mass is 32.1. The maximum absolute atomic E-state index is 5.85. The van der Waals surface area contributed by atoms with E-state index >= 15 is 0 Å². The zero-order chi connectivity index (χ0) is 17.4. The lowest BCUT2D eigenvalue weighted by Crippen LogP contribution is -2.03. The molecule has 0 bridgehead atoms. The van der Waals surface area contributed by atoms with Crippen LogP contribution in [0.3, 0.4) is 0 Å². The molecule has 1 N–H and O–H groups in total. The maximum atomic E-state index is 5.85. The molecule has 0 unspecified atom stereocenters. The third kappa shape index (κ3) is 4.83. The van der Waals surface area contributed by atoms with Gasteiger partial charge in [-0.1, -0.05) is 13.0 Å². The number of hydrazone groups is 1. The number of hydrogen-bond acceptors (Lipinski definition) is 6. The first-order valence-electron chi connectivity index (χ1n) is 7.83. The van der Waals surface area contributed by atoms with Crippen LogP contribution in [0.15, 0.2) is 35.3 Å². The molecule has 24 heavy (non-hydrogen) atoms. The van der Waals surface area contributed by atoms with Crippen molar-refractivity contribution in [3.8, 4) is 11.5 Å². The van der Waals surface area contributed by atoms with E-state index in [2.05, 4.69) is 29.0 Å². The molecule has 6 heteroatoms. The van der Waals surface area contributed by atoms with Crippen LogP contribution in [0.4, 0.5) is 5.13 Å². The molecular formula is C18H23N3O2S. The SMILES string of the molecule is C=CCc1cc(C=NNc2nc(C)cs2)cc(OC)c1OCCC. The normalized spacial score (nSPS) is 10.8. The number of methoxy groups -OCH3 is 1. The van der Waals surface area contributed by atoms with Crippen LogP contribution in [-0.2, 0) is 6.42 Å². The fraction of sp³-hybridized carbons (Fsp3) is 0.333. The van der Waals surface area contributed by atoms with Crippen molar-refractivity contribution in [2.75, 3.05) is 19.1 Å². The Morgan fingerprint density at radius 3 is 2.88 bits per heavy atom. The molecular weight excluding hydrogens is 322 g/mol. The van der Waals surface area contributed by atoms with Gasteiger partial charge >= 0.3 is 0 Å². The number of allylic oxidation sites excluding steroid dienone is 1. The van der Waals surface area contributed by atoms with Gasteiger partial charge in [0, 0.05) is 10.9 Å². The minimum absolute atomic E-state index is 0.652. The van der Waals surface area contributed by atoms with Crippen LogP contribution < -0.4 is 14.9 Å². The van der Waals surface area contributed by atoms with Crippen LogP contribution in [-0.4, -0.2) is 24.9 Å². The molecule has 1 aromatic heterocycles. The first-order valence-corrected chi connectivity index (χ1v) is 8.71. The number of benzene rings is 1. The summed E-state index contributed by atoms with van der Waals surface area (Å²) in [6, 6.07) is 3.95. The summed E-state index contributed by atoms with van der Waals surface area (Å²) in [5.41, 5.74) is 5.87. The molecule has 1 heterocycles. The summed E-state index contributed by atoms with van der Waals surface area (Å²) in [6.45, 7) is 8.50. The summed E-state index contributed by atoms with van der Waals surface area (Å²) in [6.07, 6.45) is 5.24. The topological polar surface area (TPSA) is 55.7 Å². The zero-order valence-corrected chi connectivity index (χ0v) is 15.2. The summed E-state index contributed by atoms with van der Waals surface area (Å²) in [4.78, 5) is 4.31. The number of anilines is 1. The van der Waals surface area contributed by atoms with Gasteiger partial charge in [0.05, 0.1) is 25.6 Å². The molecule has 0 amide bonds. The molecule has 0 saturated heterocycles. The first kappa shape index (κ1) is 18.0. The molecule has 0 radical (unpaired) electrons. The van der Waals surface area contributed by atoms with E-state index in [0.717, 1.165) is 34.1 Å². The van der Waals surface area contributed by atoms with Crippen LogP contribution >= 0.6 is 11.3 Å². The number of ether oxygens (including phenoxy) is 2. The molecule has 0 fully saturated rings. The summed E-state index contributed by atoms with van der Waals surface area (Å²) >= 11 is 1.52. The van der Waals surface area contributed by atoms with Gasteiger partial charge in [-0.2, -0.15) is 5.10 Å². The van der Waals surface area contributed by atoms with E-state index in [9.17, 15) is 0 Å². The molecule has 2 aromatic rings. The Labute approximate surface area is 147 Å². The molecule has 0 atom stereocenters. The summed E-state index contributed by atoms with van der Waals surface area (Å²) in [5.74, 6) is 1.48. The summed E-state index contributed by atoms with van der Waals surface area (Å²) < 4.78 is 11.3. The third-order valence-electron chi connectivity index (χ3n) is 3.18. The van der Waals surface area contributed by atoms with Crippen LogP contribution in [0.1, 0.15) is 30.2 Å². The van der Waals surface area contributed by atoms with Crippen molar-refractivity contribution in [2.45, 2.75) is 26.7 Å². The number of aromatic nitrogens is 1. The van der Waals surface area contributed by atoms with Gasteiger partial charge in [0.15, 0.2) is 11.5 Å². The summed E-state index contributed by atoms with van der Waals surface area (Å²) in [7, 11) is 1.64. The van der Waals surface area contributed by atoms with Gasteiger partial charge < -0.3 is 9.47 Å². The van der Waals surface area contributed by atoms with Gasteiger partial charge in [-0.15, -0.1) is 17.9 Å². The van der Waals surface area contributed by atoms with Crippen molar-refractivity contribution in [3.63, 3.8) is 0 Å². The average Bonchev–Trinajstić information content (AvgIpc) is 2.99. The Morgan fingerprint density at radius 2 is 2.25 bits per heavy atom. The summed E-state index contributed by atoms with van der Waals surface area (Å²) in [5, 5.41) is 6.99. The van der Waals surface area contributed by atoms with E-state index in [-0.39, 0.29) is 0 Å². The largest absolute Gasteiger partial charge is 0.493 e. The highest BCUT2D eigenvalue weighted by Gasteiger charge is 2.12. The fourth-order valence-electron chi connectivity index (χ4n) is 2.15. The Morgan fingerprint density at radius 1 is 1.42 bits per heavy atom. The van der Waals surface area contributed by atoms with E-state index < -0.39 is 0 Å². The zero-order valence-electron chi connectivity index (χ0n) is 14.3. The van der Waals surface area contributed by atoms with Gasteiger partial charge in [0.2, 0.25) is 5.13 Å². The number of nitrogens with one attached hydrogen (secondary N) is 1. The fourth-order valence-corrected chi connectivity index (χ4v) is 2.79. The van der Waals surface area contributed by atoms with Crippen molar-refractivity contribution >= 4 is 22.7 Å². The second-order valence-corrected chi connectivity index (χ2v) is 6.07. The average molecular weight is 345 g/mol. The second-order valence-electron chi connectivity index (χ2n) is 5.22. The van der Waals surface area contributed by atoms with Crippen LogP contribution in [0.2, 0.25) is 0 Å². The highest BCUT2D eigenvalue weighted by molar-refractivity contribution is 7.13. The molecule has 0 aliphatic rings.